The quantitative estimate of drug-likeness (QED) is 0.733. The maximum Gasteiger partial charge on any atom is 0.130 e. The molecule has 0 radical (unpaired) electrons. The molecule has 0 saturated carbocycles. The first-order valence-electron chi connectivity index (χ1n) is 6.73. The fraction of sp³-hybridized carbons (Fsp3) is 0.176. The van der Waals surface area contributed by atoms with Gasteiger partial charge in [-0.15, -0.1) is 0 Å². The Balaban J connectivity index is 2.00. The van der Waals surface area contributed by atoms with Gasteiger partial charge in [-0.05, 0) is 25.1 Å². The number of furan rings is 1. The molecule has 0 spiro atoms. The summed E-state index contributed by atoms with van der Waals surface area (Å²) in [5.74, 6) is 1.69. The molecule has 0 amide bonds. The Hall–Kier alpha value is -2.80. The molecule has 3 rings (SSSR count). The summed E-state index contributed by atoms with van der Waals surface area (Å²) in [6, 6.07) is 13.7. The molecule has 0 bridgehead atoms. The lowest BCUT2D eigenvalue weighted by atomic mass is 10.1. The largest absolute Gasteiger partial charge is 0.469 e. The monoisotopic (exact) mass is 277 g/mol. The van der Waals surface area contributed by atoms with Crippen LogP contribution in [0.5, 0.6) is 0 Å². The van der Waals surface area contributed by atoms with Crippen molar-refractivity contribution in [3.8, 4) is 6.07 Å². The average molecular weight is 277 g/mol. The Labute approximate surface area is 123 Å². The van der Waals surface area contributed by atoms with Crippen LogP contribution in [0, 0.1) is 18.3 Å². The van der Waals surface area contributed by atoms with E-state index in [1.807, 2.05) is 55.3 Å². The molecular formula is C17H15N3O. The van der Waals surface area contributed by atoms with Crippen LogP contribution < -0.4 is 4.90 Å². The standard InChI is InChI=1S/C17H15N3O/c1-12-13(7-8-21-12)11-20(2)17-9-14(10-18)15-5-3-4-6-16(15)19-17/h3-9H,11H2,1-2H3. The van der Waals surface area contributed by atoms with Gasteiger partial charge in [0.25, 0.3) is 0 Å². The van der Waals surface area contributed by atoms with Crippen LogP contribution in [0.4, 0.5) is 5.82 Å². The van der Waals surface area contributed by atoms with E-state index < -0.39 is 0 Å². The highest BCUT2D eigenvalue weighted by molar-refractivity contribution is 5.86. The fourth-order valence-electron chi connectivity index (χ4n) is 2.36. The average Bonchev–Trinajstić information content (AvgIpc) is 2.91. The summed E-state index contributed by atoms with van der Waals surface area (Å²) < 4.78 is 5.32. The molecule has 3 aromatic rings. The molecule has 2 aromatic heterocycles. The van der Waals surface area contributed by atoms with Crippen molar-refractivity contribution in [2.24, 2.45) is 0 Å². The fourth-order valence-corrected chi connectivity index (χ4v) is 2.36. The first-order valence-corrected chi connectivity index (χ1v) is 6.73. The molecule has 0 atom stereocenters. The predicted molar refractivity (Wildman–Crippen MR) is 82.0 cm³/mol. The number of nitrogens with zero attached hydrogens (tertiary/aromatic N) is 3. The molecule has 0 aliphatic heterocycles. The maximum absolute atomic E-state index is 9.33. The van der Waals surface area contributed by atoms with Crippen molar-refractivity contribution >= 4 is 16.7 Å². The molecule has 4 nitrogen and oxygen atoms in total. The van der Waals surface area contributed by atoms with Gasteiger partial charge >= 0.3 is 0 Å². The van der Waals surface area contributed by atoms with Crippen LogP contribution in [0.1, 0.15) is 16.9 Å². The minimum atomic E-state index is 0.645. The number of aryl methyl sites for hydroxylation is 1. The lowest BCUT2D eigenvalue weighted by Crippen LogP contribution is -2.18. The second kappa shape index (κ2) is 5.29. The highest BCUT2D eigenvalue weighted by Gasteiger charge is 2.11. The molecular weight excluding hydrogens is 262 g/mol. The number of nitriles is 1. The molecule has 104 valence electrons. The van der Waals surface area contributed by atoms with E-state index >= 15 is 0 Å². The number of aromatic nitrogens is 1. The van der Waals surface area contributed by atoms with Gasteiger partial charge in [0, 0.05) is 24.5 Å². The molecule has 0 unspecified atom stereocenters. The third-order valence-corrected chi connectivity index (χ3v) is 3.59. The Kier molecular flexibility index (Phi) is 3.33. The van der Waals surface area contributed by atoms with E-state index in [9.17, 15) is 5.26 Å². The zero-order chi connectivity index (χ0) is 14.8. The van der Waals surface area contributed by atoms with Crippen LogP contribution in [0.3, 0.4) is 0 Å². The van der Waals surface area contributed by atoms with Crippen LogP contribution in [-0.2, 0) is 6.54 Å². The summed E-state index contributed by atoms with van der Waals surface area (Å²) in [5, 5.41) is 10.2. The summed E-state index contributed by atoms with van der Waals surface area (Å²) in [7, 11) is 1.96. The van der Waals surface area contributed by atoms with Gasteiger partial charge in [-0.3, -0.25) is 0 Å². The van der Waals surface area contributed by atoms with Crippen molar-refractivity contribution in [3.05, 3.63) is 59.5 Å². The summed E-state index contributed by atoms with van der Waals surface area (Å²) in [6.07, 6.45) is 1.69. The molecule has 21 heavy (non-hydrogen) atoms. The summed E-state index contributed by atoms with van der Waals surface area (Å²) >= 11 is 0. The highest BCUT2D eigenvalue weighted by atomic mass is 16.3. The Bertz CT molecular complexity index is 829. The number of benzene rings is 1. The summed E-state index contributed by atoms with van der Waals surface area (Å²) in [5.41, 5.74) is 2.60. The first kappa shape index (κ1) is 13.2. The van der Waals surface area contributed by atoms with Crippen LogP contribution in [0.2, 0.25) is 0 Å². The van der Waals surface area contributed by atoms with Crippen LogP contribution in [0.25, 0.3) is 10.9 Å². The van der Waals surface area contributed by atoms with E-state index in [0.717, 1.165) is 28.0 Å². The van der Waals surface area contributed by atoms with Gasteiger partial charge in [-0.1, -0.05) is 18.2 Å². The Morgan fingerprint density at radius 3 is 2.81 bits per heavy atom. The van der Waals surface area contributed by atoms with Crippen molar-refractivity contribution in [1.29, 1.82) is 5.26 Å². The van der Waals surface area contributed by atoms with Gasteiger partial charge in [0.1, 0.15) is 11.6 Å². The van der Waals surface area contributed by atoms with E-state index in [0.29, 0.717) is 12.1 Å². The number of anilines is 1. The zero-order valence-electron chi connectivity index (χ0n) is 12.0. The molecule has 0 aliphatic rings. The number of pyridine rings is 1. The second-order valence-electron chi connectivity index (χ2n) is 5.02. The number of hydrogen-bond acceptors (Lipinski definition) is 4. The zero-order valence-corrected chi connectivity index (χ0v) is 12.0. The van der Waals surface area contributed by atoms with Crippen molar-refractivity contribution in [2.75, 3.05) is 11.9 Å². The second-order valence-corrected chi connectivity index (χ2v) is 5.02. The number of hydrogen-bond donors (Lipinski definition) is 0. The number of fused-ring (bicyclic) bond motifs is 1. The first-order chi connectivity index (χ1) is 10.2. The van der Waals surface area contributed by atoms with Crippen LogP contribution in [-0.4, -0.2) is 12.0 Å². The topological polar surface area (TPSA) is 53.1 Å². The lowest BCUT2D eigenvalue weighted by molar-refractivity contribution is 0.529. The number of para-hydroxylation sites is 1. The molecule has 0 saturated heterocycles. The highest BCUT2D eigenvalue weighted by Crippen LogP contribution is 2.23. The minimum absolute atomic E-state index is 0.645. The minimum Gasteiger partial charge on any atom is -0.469 e. The maximum atomic E-state index is 9.33. The Morgan fingerprint density at radius 1 is 1.29 bits per heavy atom. The van der Waals surface area contributed by atoms with Gasteiger partial charge in [0.05, 0.1) is 23.4 Å². The molecule has 4 heteroatoms. The van der Waals surface area contributed by atoms with E-state index in [1.54, 1.807) is 6.26 Å². The van der Waals surface area contributed by atoms with Gasteiger partial charge in [0.2, 0.25) is 0 Å². The van der Waals surface area contributed by atoms with Crippen molar-refractivity contribution in [3.63, 3.8) is 0 Å². The third kappa shape index (κ3) is 2.46. The van der Waals surface area contributed by atoms with Gasteiger partial charge < -0.3 is 9.32 Å². The van der Waals surface area contributed by atoms with E-state index in [1.165, 1.54) is 0 Å². The van der Waals surface area contributed by atoms with Crippen molar-refractivity contribution < 1.29 is 4.42 Å². The van der Waals surface area contributed by atoms with Crippen molar-refractivity contribution in [2.45, 2.75) is 13.5 Å². The van der Waals surface area contributed by atoms with Gasteiger partial charge in [0.15, 0.2) is 0 Å². The molecule has 0 fully saturated rings. The molecule has 2 heterocycles. The summed E-state index contributed by atoms with van der Waals surface area (Å²) in [4.78, 5) is 6.66. The van der Waals surface area contributed by atoms with E-state index in [4.69, 9.17) is 4.42 Å². The smallest absolute Gasteiger partial charge is 0.130 e. The van der Waals surface area contributed by atoms with Gasteiger partial charge in [-0.2, -0.15) is 5.26 Å². The lowest BCUT2D eigenvalue weighted by Gasteiger charge is -2.18. The SMILES string of the molecule is Cc1occc1CN(C)c1cc(C#N)c2ccccc2n1. The Morgan fingerprint density at radius 2 is 2.10 bits per heavy atom. The molecule has 0 N–H and O–H groups in total. The predicted octanol–water partition coefficient (Wildman–Crippen LogP) is 3.64. The normalized spacial score (nSPS) is 10.5. The molecule has 0 aliphatic carbocycles. The van der Waals surface area contributed by atoms with Gasteiger partial charge in [-0.25, -0.2) is 4.98 Å². The number of rotatable bonds is 3. The van der Waals surface area contributed by atoms with E-state index in [2.05, 4.69) is 11.1 Å². The van der Waals surface area contributed by atoms with E-state index in [-0.39, 0.29) is 0 Å². The van der Waals surface area contributed by atoms with Crippen molar-refractivity contribution in [1.82, 2.24) is 4.98 Å². The van der Waals surface area contributed by atoms with Crippen LogP contribution in [0.15, 0.2) is 47.1 Å². The third-order valence-electron chi connectivity index (χ3n) is 3.59. The molecule has 1 aromatic carbocycles. The van der Waals surface area contributed by atoms with Crippen LogP contribution >= 0.6 is 0 Å². The summed E-state index contributed by atoms with van der Waals surface area (Å²) in [6.45, 7) is 2.64.